The standard InChI is InChI=1S/C18H26O/c1-13(2)7-6-8-14(3)9-10-17-12-15(4)11-16(5)18(17)19/h7,9,11-12,19H,6,8,10H2,1-5H3. The van der Waals surface area contributed by atoms with Crippen LogP contribution in [0.3, 0.4) is 0 Å². The van der Waals surface area contributed by atoms with Gasteiger partial charge < -0.3 is 5.11 Å². The molecular weight excluding hydrogens is 232 g/mol. The Hall–Kier alpha value is -1.50. The highest BCUT2D eigenvalue weighted by molar-refractivity contribution is 5.43. The summed E-state index contributed by atoms with van der Waals surface area (Å²) in [5.41, 5.74) is 5.96. The SMILES string of the molecule is CC(C)=CCCC(C)=CCc1cc(C)cc(C)c1O. The summed E-state index contributed by atoms with van der Waals surface area (Å²) in [6.45, 7) is 10.5. The molecule has 0 heterocycles. The van der Waals surface area contributed by atoms with Gasteiger partial charge in [0.25, 0.3) is 0 Å². The van der Waals surface area contributed by atoms with Gasteiger partial charge in [0, 0.05) is 0 Å². The first-order valence-electron chi connectivity index (χ1n) is 6.98. The number of allylic oxidation sites excluding steroid dienone is 4. The summed E-state index contributed by atoms with van der Waals surface area (Å²) >= 11 is 0. The summed E-state index contributed by atoms with van der Waals surface area (Å²) in [6.07, 6.45) is 7.51. The van der Waals surface area contributed by atoms with Gasteiger partial charge in [-0.2, -0.15) is 0 Å². The number of rotatable bonds is 5. The molecule has 1 aromatic carbocycles. The van der Waals surface area contributed by atoms with E-state index in [9.17, 15) is 5.11 Å². The van der Waals surface area contributed by atoms with Gasteiger partial charge in [-0.25, -0.2) is 0 Å². The maximum Gasteiger partial charge on any atom is 0.122 e. The third-order valence-electron chi connectivity index (χ3n) is 3.29. The number of hydrogen-bond acceptors (Lipinski definition) is 1. The lowest BCUT2D eigenvalue weighted by molar-refractivity contribution is 0.465. The Kier molecular flexibility index (Phi) is 5.88. The highest BCUT2D eigenvalue weighted by Gasteiger charge is 2.04. The van der Waals surface area contributed by atoms with Gasteiger partial charge in [-0.05, 0) is 65.0 Å². The second-order valence-corrected chi connectivity index (χ2v) is 5.66. The summed E-state index contributed by atoms with van der Waals surface area (Å²) in [5, 5.41) is 10.0. The van der Waals surface area contributed by atoms with Gasteiger partial charge >= 0.3 is 0 Å². The topological polar surface area (TPSA) is 20.2 Å². The van der Waals surface area contributed by atoms with E-state index in [1.165, 1.54) is 16.7 Å². The first-order valence-corrected chi connectivity index (χ1v) is 6.98. The van der Waals surface area contributed by atoms with Gasteiger partial charge in [0.15, 0.2) is 0 Å². The number of aromatic hydroxyl groups is 1. The predicted molar refractivity (Wildman–Crippen MR) is 83.7 cm³/mol. The number of phenols is 1. The van der Waals surface area contributed by atoms with E-state index in [1.54, 1.807) is 0 Å². The summed E-state index contributed by atoms with van der Waals surface area (Å²) in [5.74, 6) is 0.443. The minimum atomic E-state index is 0.443. The molecule has 1 nitrogen and oxygen atoms in total. The van der Waals surface area contributed by atoms with Crippen molar-refractivity contribution in [1.29, 1.82) is 0 Å². The molecule has 1 rings (SSSR count). The number of hydrogen-bond donors (Lipinski definition) is 1. The van der Waals surface area contributed by atoms with Gasteiger partial charge in [0.1, 0.15) is 5.75 Å². The Morgan fingerprint density at radius 3 is 2.42 bits per heavy atom. The lowest BCUT2D eigenvalue weighted by Crippen LogP contribution is -1.89. The van der Waals surface area contributed by atoms with E-state index in [1.807, 2.05) is 13.0 Å². The van der Waals surface area contributed by atoms with Crippen LogP contribution in [0.4, 0.5) is 0 Å². The van der Waals surface area contributed by atoms with Gasteiger partial charge in [0.2, 0.25) is 0 Å². The summed E-state index contributed by atoms with van der Waals surface area (Å²) in [4.78, 5) is 0. The van der Waals surface area contributed by atoms with E-state index >= 15 is 0 Å². The van der Waals surface area contributed by atoms with Crippen LogP contribution in [0.2, 0.25) is 0 Å². The average molecular weight is 258 g/mol. The molecule has 0 spiro atoms. The van der Waals surface area contributed by atoms with Crippen LogP contribution in [0.15, 0.2) is 35.4 Å². The fourth-order valence-corrected chi connectivity index (χ4v) is 2.18. The Morgan fingerprint density at radius 2 is 1.79 bits per heavy atom. The molecule has 1 N–H and O–H groups in total. The van der Waals surface area contributed by atoms with Crippen molar-refractivity contribution in [3.8, 4) is 5.75 Å². The van der Waals surface area contributed by atoms with Crippen LogP contribution in [0, 0.1) is 13.8 Å². The van der Waals surface area contributed by atoms with Crippen molar-refractivity contribution in [3.05, 3.63) is 52.1 Å². The van der Waals surface area contributed by atoms with Crippen LogP contribution in [0.1, 0.15) is 50.3 Å². The maximum absolute atomic E-state index is 10.0. The fraction of sp³-hybridized carbons (Fsp3) is 0.444. The molecule has 0 radical (unpaired) electrons. The molecule has 0 saturated heterocycles. The van der Waals surface area contributed by atoms with Crippen LogP contribution in [-0.4, -0.2) is 5.11 Å². The van der Waals surface area contributed by atoms with Crippen molar-refractivity contribution in [2.24, 2.45) is 0 Å². The van der Waals surface area contributed by atoms with Crippen molar-refractivity contribution >= 4 is 0 Å². The second kappa shape index (κ2) is 7.18. The molecule has 0 amide bonds. The number of benzene rings is 1. The lowest BCUT2D eigenvalue weighted by atomic mass is 10.0. The minimum Gasteiger partial charge on any atom is -0.507 e. The third kappa shape index (κ3) is 5.34. The van der Waals surface area contributed by atoms with Crippen molar-refractivity contribution < 1.29 is 5.11 Å². The molecule has 0 aliphatic rings. The molecule has 1 aromatic rings. The van der Waals surface area contributed by atoms with E-state index in [0.717, 1.165) is 30.4 Å². The molecule has 0 aliphatic carbocycles. The maximum atomic E-state index is 10.0. The molecule has 0 fully saturated rings. The zero-order valence-electron chi connectivity index (χ0n) is 12.9. The van der Waals surface area contributed by atoms with Crippen LogP contribution < -0.4 is 0 Å². The summed E-state index contributed by atoms with van der Waals surface area (Å²) in [6, 6.07) is 4.09. The lowest BCUT2D eigenvalue weighted by Gasteiger charge is -2.08. The van der Waals surface area contributed by atoms with E-state index in [4.69, 9.17) is 0 Å². The summed E-state index contributed by atoms with van der Waals surface area (Å²) < 4.78 is 0. The molecule has 0 unspecified atom stereocenters. The minimum absolute atomic E-state index is 0.443. The molecule has 0 aliphatic heterocycles. The highest BCUT2D eigenvalue weighted by Crippen LogP contribution is 2.24. The van der Waals surface area contributed by atoms with E-state index in [-0.39, 0.29) is 0 Å². The van der Waals surface area contributed by atoms with Crippen LogP contribution in [0.25, 0.3) is 0 Å². The Balaban J connectivity index is 2.67. The molecule has 0 saturated carbocycles. The largest absolute Gasteiger partial charge is 0.507 e. The smallest absolute Gasteiger partial charge is 0.122 e. The van der Waals surface area contributed by atoms with Crippen LogP contribution in [0.5, 0.6) is 5.75 Å². The first kappa shape index (κ1) is 15.6. The first-order chi connectivity index (χ1) is 8.90. The normalized spacial score (nSPS) is 11.5. The molecule has 0 aromatic heterocycles. The van der Waals surface area contributed by atoms with Crippen LogP contribution >= 0.6 is 0 Å². The average Bonchev–Trinajstić information content (AvgIpc) is 2.31. The van der Waals surface area contributed by atoms with E-state index in [2.05, 4.69) is 45.9 Å². The molecule has 0 atom stereocenters. The third-order valence-corrected chi connectivity index (χ3v) is 3.29. The van der Waals surface area contributed by atoms with Crippen molar-refractivity contribution in [2.75, 3.05) is 0 Å². The molecular formula is C18H26O. The zero-order chi connectivity index (χ0) is 14.4. The Bertz CT molecular complexity index is 489. The molecule has 19 heavy (non-hydrogen) atoms. The van der Waals surface area contributed by atoms with Crippen LogP contribution in [-0.2, 0) is 6.42 Å². The quantitative estimate of drug-likeness (QED) is 0.716. The fourth-order valence-electron chi connectivity index (χ4n) is 2.18. The Morgan fingerprint density at radius 1 is 1.11 bits per heavy atom. The summed E-state index contributed by atoms with van der Waals surface area (Å²) in [7, 11) is 0. The molecule has 104 valence electrons. The highest BCUT2D eigenvalue weighted by atomic mass is 16.3. The van der Waals surface area contributed by atoms with E-state index < -0.39 is 0 Å². The van der Waals surface area contributed by atoms with Crippen molar-refractivity contribution in [2.45, 2.75) is 53.9 Å². The van der Waals surface area contributed by atoms with Gasteiger partial charge in [-0.15, -0.1) is 0 Å². The van der Waals surface area contributed by atoms with Gasteiger partial charge in [-0.3, -0.25) is 0 Å². The predicted octanol–water partition coefficient (Wildman–Crippen LogP) is 5.24. The number of aryl methyl sites for hydroxylation is 2. The monoisotopic (exact) mass is 258 g/mol. The van der Waals surface area contributed by atoms with Gasteiger partial charge in [0.05, 0.1) is 0 Å². The molecule has 1 heteroatoms. The van der Waals surface area contributed by atoms with Gasteiger partial charge in [-0.1, -0.05) is 41.0 Å². The zero-order valence-corrected chi connectivity index (χ0v) is 12.9. The number of phenolic OH excluding ortho intramolecular Hbond substituents is 1. The second-order valence-electron chi connectivity index (χ2n) is 5.66. The Labute approximate surface area is 117 Å². The van der Waals surface area contributed by atoms with Crippen molar-refractivity contribution in [3.63, 3.8) is 0 Å². The molecule has 0 bridgehead atoms. The van der Waals surface area contributed by atoms with E-state index in [0.29, 0.717) is 5.75 Å². The van der Waals surface area contributed by atoms with Crippen molar-refractivity contribution in [1.82, 2.24) is 0 Å².